The number of phenols is 1. The first-order valence-corrected chi connectivity index (χ1v) is 9.51. The van der Waals surface area contributed by atoms with Gasteiger partial charge in [0.1, 0.15) is 11.3 Å². The molecule has 0 aliphatic heterocycles. The maximum Gasteiger partial charge on any atom is 0.266 e. The first kappa shape index (κ1) is 17.9. The number of fused-ring (bicyclic) bond motifs is 1. The van der Waals surface area contributed by atoms with E-state index in [9.17, 15) is 9.90 Å². The summed E-state index contributed by atoms with van der Waals surface area (Å²) in [5, 5.41) is 11.3. The third kappa shape index (κ3) is 3.39. The van der Waals surface area contributed by atoms with Gasteiger partial charge in [0, 0.05) is 10.9 Å². The molecule has 0 amide bonds. The smallest absolute Gasteiger partial charge is 0.266 e. The fraction of sp³-hybridized carbons (Fsp3) is 0.333. The largest absolute Gasteiger partial charge is 0.504 e. The molecular weight excluding hydrogens is 364 g/mol. The van der Waals surface area contributed by atoms with E-state index >= 15 is 0 Å². The van der Waals surface area contributed by atoms with Gasteiger partial charge in [0.25, 0.3) is 5.56 Å². The molecule has 1 saturated carbocycles. The molecule has 6 heteroatoms. The van der Waals surface area contributed by atoms with Gasteiger partial charge in [-0.1, -0.05) is 25.4 Å². The van der Waals surface area contributed by atoms with Crippen LogP contribution in [0.2, 0.25) is 5.02 Å². The van der Waals surface area contributed by atoms with Crippen LogP contribution in [-0.2, 0) is 0 Å². The molecule has 5 nitrogen and oxygen atoms in total. The first-order chi connectivity index (χ1) is 13.0. The summed E-state index contributed by atoms with van der Waals surface area (Å²) in [5.74, 6) is 1.43. The second-order valence-electron chi connectivity index (χ2n) is 7.31. The molecule has 4 rings (SSSR count). The molecule has 1 aliphatic carbocycles. The van der Waals surface area contributed by atoms with E-state index in [0.717, 1.165) is 12.8 Å². The highest BCUT2D eigenvalue weighted by Gasteiger charge is 2.24. The third-order valence-electron chi connectivity index (χ3n) is 4.76. The molecule has 0 saturated heterocycles. The van der Waals surface area contributed by atoms with Crippen LogP contribution in [0.4, 0.5) is 0 Å². The number of benzene rings is 2. The second-order valence-corrected chi connectivity index (χ2v) is 7.74. The summed E-state index contributed by atoms with van der Waals surface area (Å²) in [4.78, 5) is 18.0. The Morgan fingerprint density at radius 2 is 1.93 bits per heavy atom. The number of rotatable bonds is 5. The molecule has 1 fully saturated rings. The van der Waals surface area contributed by atoms with Gasteiger partial charge >= 0.3 is 0 Å². The van der Waals surface area contributed by atoms with E-state index < -0.39 is 0 Å². The van der Waals surface area contributed by atoms with Gasteiger partial charge in [0.15, 0.2) is 11.5 Å². The number of hydrogen-bond acceptors (Lipinski definition) is 4. The van der Waals surface area contributed by atoms with Crippen LogP contribution in [0.15, 0.2) is 41.2 Å². The van der Waals surface area contributed by atoms with Crippen LogP contribution in [0, 0.1) is 5.92 Å². The standard InChI is InChI=1S/C21H21ClN2O3/c1-12(2)20-23-18-16(9-10-17(25)19(18)27-11-13-3-4-13)21(26)24(20)15-7-5-14(22)6-8-15/h5-10,12-13,25H,3-4,11H2,1-2H3. The first-order valence-electron chi connectivity index (χ1n) is 9.13. The number of hydrogen-bond donors (Lipinski definition) is 1. The minimum Gasteiger partial charge on any atom is -0.504 e. The van der Waals surface area contributed by atoms with Crippen molar-refractivity contribution in [3.8, 4) is 17.2 Å². The zero-order chi connectivity index (χ0) is 19.1. The van der Waals surface area contributed by atoms with Crippen LogP contribution < -0.4 is 10.3 Å². The van der Waals surface area contributed by atoms with E-state index in [0.29, 0.717) is 45.7 Å². The van der Waals surface area contributed by atoms with Gasteiger partial charge < -0.3 is 9.84 Å². The second kappa shape index (κ2) is 6.89. The number of ether oxygens (including phenoxy) is 1. The van der Waals surface area contributed by atoms with E-state index in [1.807, 2.05) is 13.8 Å². The Kier molecular flexibility index (Phi) is 4.56. The molecule has 0 atom stereocenters. The highest BCUT2D eigenvalue weighted by Crippen LogP contribution is 2.36. The third-order valence-corrected chi connectivity index (χ3v) is 5.01. The van der Waals surface area contributed by atoms with E-state index in [1.165, 1.54) is 6.07 Å². The van der Waals surface area contributed by atoms with Gasteiger partial charge in [0.05, 0.1) is 17.7 Å². The summed E-state index contributed by atoms with van der Waals surface area (Å²) in [7, 11) is 0. The van der Waals surface area contributed by atoms with Crippen molar-refractivity contribution in [2.24, 2.45) is 5.92 Å². The Morgan fingerprint density at radius 1 is 1.22 bits per heavy atom. The van der Waals surface area contributed by atoms with Gasteiger partial charge in [0.2, 0.25) is 0 Å². The highest BCUT2D eigenvalue weighted by atomic mass is 35.5. The predicted molar refractivity (Wildman–Crippen MR) is 106 cm³/mol. The maximum absolute atomic E-state index is 13.3. The van der Waals surface area contributed by atoms with Crippen LogP contribution in [0.25, 0.3) is 16.6 Å². The summed E-state index contributed by atoms with van der Waals surface area (Å²) >= 11 is 5.99. The Morgan fingerprint density at radius 3 is 2.56 bits per heavy atom. The lowest BCUT2D eigenvalue weighted by Gasteiger charge is -2.18. The van der Waals surface area contributed by atoms with Crippen LogP contribution >= 0.6 is 11.6 Å². The Balaban J connectivity index is 1.95. The number of nitrogens with zero attached hydrogens (tertiary/aromatic N) is 2. The van der Waals surface area contributed by atoms with E-state index in [1.54, 1.807) is 34.9 Å². The lowest BCUT2D eigenvalue weighted by atomic mass is 10.1. The maximum atomic E-state index is 13.3. The van der Waals surface area contributed by atoms with E-state index in [-0.39, 0.29) is 17.2 Å². The van der Waals surface area contributed by atoms with Crippen LogP contribution in [0.1, 0.15) is 38.4 Å². The van der Waals surface area contributed by atoms with Crippen molar-refractivity contribution in [3.63, 3.8) is 0 Å². The molecule has 27 heavy (non-hydrogen) atoms. The number of halogens is 1. The zero-order valence-electron chi connectivity index (χ0n) is 15.3. The molecule has 0 spiro atoms. The SMILES string of the molecule is CC(C)c1nc2c(OCC3CC3)c(O)ccc2c(=O)n1-c1ccc(Cl)cc1. The summed E-state index contributed by atoms with van der Waals surface area (Å²) < 4.78 is 7.45. The molecule has 140 valence electrons. The monoisotopic (exact) mass is 384 g/mol. The molecule has 0 bridgehead atoms. The van der Waals surface area contributed by atoms with E-state index in [2.05, 4.69) is 0 Å². The molecule has 3 aromatic rings. The average Bonchev–Trinajstić information content (AvgIpc) is 3.46. The van der Waals surface area contributed by atoms with Gasteiger partial charge in [-0.05, 0) is 55.2 Å². The van der Waals surface area contributed by atoms with Crippen molar-refractivity contribution >= 4 is 22.5 Å². The van der Waals surface area contributed by atoms with Crippen LogP contribution in [0.5, 0.6) is 11.5 Å². The summed E-state index contributed by atoms with van der Waals surface area (Å²) in [6.45, 7) is 4.49. The van der Waals surface area contributed by atoms with Crippen LogP contribution in [-0.4, -0.2) is 21.3 Å². The predicted octanol–water partition coefficient (Wildman–Crippen LogP) is 4.66. The lowest BCUT2D eigenvalue weighted by Crippen LogP contribution is -2.25. The van der Waals surface area contributed by atoms with Crippen LogP contribution in [0.3, 0.4) is 0 Å². The summed E-state index contributed by atoms with van der Waals surface area (Å²) in [6.07, 6.45) is 2.28. The lowest BCUT2D eigenvalue weighted by molar-refractivity contribution is 0.287. The van der Waals surface area contributed by atoms with Crippen molar-refractivity contribution in [1.29, 1.82) is 0 Å². The number of aromatic nitrogens is 2. The topological polar surface area (TPSA) is 64.3 Å². The highest BCUT2D eigenvalue weighted by molar-refractivity contribution is 6.30. The van der Waals surface area contributed by atoms with Gasteiger partial charge in [-0.25, -0.2) is 4.98 Å². The Bertz CT molecular complexity index is 1050. The minimum absolute atomic E-state index is 0.00332. The van der Waals surface area contributed by atoms with Crippen molar-refractivity contribution in [3.05, 3.63) is 57.6 Å². The number of phenolic OH excluding ortho intramolecular Hbond substituents is 1. The van der Waals surface area contributed by atoms with Crippen molar-refractivity contribution < 1.29 is 9.84 Å². The molecule has 0 radical (unpaired) electrons. The molecule has 1 aliphatic rings. The minimum atomic E-state index is -0.192. The van der Waals surface area contributed by atoms with Gasteiger partial charge in [-0.15, -0.1) is 0 Å². The van der Waals surface area contributed by atoms with Crippen molar-refractivity contribution in [2.75, 3.05) is 6.61 Å². The zero-order valence-corrected chi connectivity index (χ0v) is 16.0. The Hall–Kier alpha value is -2.53. The fourth-order valence-corrected chi connectivity index (χ4v) is 3.21. The summed E-state index contributed by atoms with van der Waals surface area (Å²) in [6, 6.07) is 10.2. The van der Waals surface area contributed by atoms with E-state index in [4.69, 9.17) is 21.3 Å². The average molecular weight is 385 g/mol. The van der Waals surface area contributed by atoms with Gasteiger partial charge in [-0.3, -0.25) is 9.36 Å². The molecule has 1 aromatic heterocycles. The summed E-state index contributed by atoms with van der Waals surface area (Å²) in [5.41, 5.74) is 0.924. The molecule has 1 N–H and O–H groups in total. The molecule has 0 unspecified atom stereocenters. The van der Waals surface area contributed by atoms with Crippen molar-refractivity contribution in [1.82, 2.24) is 9.55 Å². The van der Waals surface area contributed by atoms with Gasteiger partial charge in [-0.2, -0.15) is 0 Å². The Labute approximate surface area is 162 Å². The molecule has 2 aromatic carbocycles. The quantitative estimate of drug-likeness (QED) is 0.695. The number of aromatic hydroxyl groups is 1. The fourth-order valence-electron chi connectivity index (χ4n) is 3.09. The normalized spacial score (nSPS) is 14.1. The molecular formula is C21H21ClN2O3. The molecule has 1 heterocycles. The van der Waals surface area contributed by atoms with Crippen molar-refractivity contribution in [2.45, 2.75) is 32.6 Å².